The fraction of sp³-hybridized carbons (Fsp3) is 0.412. The van der Waals surface area contributed by atoms with Crippen molar-refractivity contribution in [2.45, 2.75) is 25.7 Å². The number of nitrogens with one attached hydrogen (secondary N) is 1. The van der Waals surface area contributed by atoms with Gasteiger partial charge < -0.3 is 9.64 Å². The molecule has 2 aromatic rings. The number of aryl methyl sites for hydroxylation is 3. The second-order valence-electron chi connectivity index (χ2n) is 6.20. The van der Waals surface area contributed by atoms with E-state index in [1.807, 2.05) is 24.0 Å². The molecule has 1 aliphatic rings. The molecule has 7 nitrogen and oxygen atoms in total. The van der Waals surface area contributed by atoms with Gasteiger partial charge in [0.25, 0.3) is 10.0 Å². The van der Waals surface area contributed by atoms with E-state index in [4.69, 9.17) is 4.74 Å². The van der Waals surface area contributed by atoms with Crippen molar-refractivity contribution in [1.29, 1.82) is 0 Å². The predicted molar refractivity (Wildman–Crippen MR) is 96.5 cm³/mol. The number of anilines is 2. The van der Waals surface area contributed by atoms with Crippen LogP contribution in [0.15, 0.2) is 29.4 Å². The Morgan fingerprint density at radius 1 is 1.04 bits per heavy atom. The molecule has 2 heterocycles. The van der Waals surface area contributed by atoms with E-state index in [-0.39, 0.29) is 0 Å². The number of aromatic nitrogens is 2. The lowest BCUT2D eigenvalue weighted by atomic mass is 10.1. The van der Waals surface area contributed by atoms with E-state index in [1.165, 1.54) is 12.4 Å². The summed E-state index contributed by atoms with van der Waals surface area (Å²) in [6.07, 6.45) is 2.99. The summed E-state index contributed by atoms with van der Waals surface area (Å²) in [6, 6.07) is 3.72. The third kappa shape index (κ3) is 3.91. The van der Waals surface area contributed by atoms with E-state index >= 15 is 0 Å². The fourth-order valence-electron chi connectivity index (χ4n) is 3.10. The number of hydrogen-bond donors (Lipinski definition) is 1. The summed E-state index contributed by atoms with van der Waals surface area (Å²) in [5.74, 6) is 0.578. The minimum absolute atomic E-state index is 0.301. The third-order valence-electron chi connectivity index (χ3n) is 4.06. The summed E-state index contributed by atoms with van der Waals surface area (Å²) < 4.78 is 33.4. The number of benzene rings is 1. The zero-order valence-corrected chi connectivity index (χ0v) is 15.4. The zero-order chi connectivity index (χ0) is 18.0. The van der Waals surface area contributed by atoms with Crippen LogP contribution in [-0.2, 0) is 14.8 Å². The van der Waals surface area contributed by atoms with Gasteiger partial charge in [0, 0.05) is 13.1 Å². The molecular formula is C17H22N4O3S. The summed E-state index contributed by atoms with van der Waals surface area (Å²) in [7, 11) is -3.69. The predicted octanol–water partition coefficient (Wildman–Crippen LogP) is 2.04. The number of rotatable bonds is 4. The van der Waals surface area contributed by atoms with Crippen LogP contribution in [0.1, 0.15) is 16.7 Å². The van der Waals surface area contributed by atoms with Gasteiger partial charge in [0.05, 0.1) is 36.2 Å². The second-order valence-corrected chi connectivity index (χ2v) is 7.82. The van der Waals surface area contributed by atoms with Crippen LogP contribution in [0.4, 0.5) is 11.6 Å². The number of ether oxygens (including phenoxy) is 1. The molecule has 1 saturated heterocycles. The molecule has 0 saturated carbocycles. The van der Waals surface area contributed by atoms with Crippen LogP contribution in [0.25, 0.3) is 0 Å². The number of morpholine rings is 1. The third-order valence-corrected chi connectivity index (χ3v) is 5.74. The first-order chi connectivity index (χ1) is 11.9. The van der Waals surface area contributed by atoms with Crippen molar-refractivity contribution in [2.24, 2.45) is 0 Å². The van der Waals surface area contributed by atoms with Gasteiger partial charge >= 0.3 is 0 Å². The van der Waals surface area contributed by atoms with Gasteiger partial charge in [-0.15, -0.1) is 0 Å². The second kappa shape index (κ2) is 6.97. The SMILES string of the molecule is Cc1cc(C)c(S(=O)(=O)Nc2cnc(N3CCOCC3)nc2)c(C)c1. The van der Waals surface area contributed by atoms with E-state index in [0.717, 1.165) is 29.8 Å². The highest BCUT2D eigenvalue weighted by atomic mass is 32.2. The standard InChI is InChI=1S/C17H22N4O3S/c1-12-8-13(2)16(14(3)9-12)25(22,23)20-15-10-18-17(19-11-15)21-4-6-24-7-5-21/h8-11,20H,4-7H2,1-3H3. The Morgan fingerprint density at radius 3 is 2.16 bits per heavy atom. The van der Waals surface area contributed by atoms with Gasteiger partial charge in [0.2, 0.25) is 5.95 Å². The van der Waals surface area contributed by atoms with Crippen LogP contribution in [-0.4, -0.2) is 44.7 Å². The maximum Gasteiger partial charge on any atom is 0.262 e. The molecule has 25 heavy (non-hydrogen) atoms. The van der Waals surface area contributed by atoms with Gasteiger partial charge in [0.15, 0.2) is 0 Å². The Balaban J connectivity index is 1.82. The van der Waals surface area contributed by atoms with E-state index in [0.29, 0.717) is 29.7 Å². The van der Waals surface area contributed by atoms with Crippen LogP contribution in [0.3, 0.4) is 0 Å². The van der Waals surface area contributed by atoms with Gasteiger partial charge in [-0.25, -0.2) is 18.4 Å². The molecule has 0 spiro atoms. The highest BCUT2D eigenvalue weighted by molar-refractivity contribution is 7.92. The van der Waals surface area contributed by atoms with Gasteiger partial charge in [0.1, 0.15) is 0 Å². The first-order valence-electron chi connectivity index (χ1n) is 8.12. The Bertz CT molecular complexity index is 837. The molecule has 1 fully saturated rings. The van der Waals surface area contributed by atoms with Crippen molar-refractivity contribution in [3.8, 4) is 0 Å². The topological polar surface area (TPSA) is 84.4 Å². The van der Waals surface area contributed by atoms with E-state index in [1.54, 1.807) is 13.8 Å². The molecule has 0 aliphatic carbocycles. The molecule has 3 rings (SSSR count). The monoisotopic (exact) mass is 362 g/mol. The molecule has 1 aromatic carbocycles. The van der Waals surface area contributed by atoms with Crippen molar-refractivity contribution in [1.82, 2.24) is 9.97 Å². The zero-order valence-electron chi connectivity index (χ0n) is 14.6. The van der Waals surface area contributed by atoms with Crippen LogP contribution in [0.2, 0.25) is 0 Å². The molecule has 1 aliphatic heterocycles. The van der Waals surface area contributed by atoms with Crippen molar-refractivity contribution in [2.75, 3.05) is 35.9 Å². The minimum atomic E-state index is -3.69. The summed E-state index contributed by atoms with van der Waals surface area (Å²) in [5, 5.41) is 0. The average Bonchev–Trinajstić information content (AvgIpc) is 2.54. The summed E-state index contributed by atoms with van der Waals surface area (Å²) in [5.41, 5.74) is 2.82. The fourth-order valence-corrected chi connectivity index (χ4v) is 4.58. The van der Waals surface area contributed by atoms with Gasteiger partial charge in [-0.3, -0.25) is 4.72 Å². The van der Waals surface area contributed by atoms with Crippen LogP contribution in [0, 0.1) is 20.8 Å². The Labute approximate surface area is 148 Å². The average molecular weight is 362 g/mol. The molecule has 0 unspecified atom stereocenters. The Hall–Kier alpha value is -2.19. The number of nitrogens with zero attached hydrogens (tertiary/aromatic N) is 3. The van der Waals surface area contributed by atoms with Crippen molar-refractivity contribution < 1.29 is 13.2 Å². The Morgan fingerprint density at radius 2 is 1.60 bits per heavy atom. The van der Waals surface area contributed by atoms with Crippen LogP contribution in [0.5, 0.6) is 0 Å². The molecule has 0 radical (unpaired) electrons. The highest BCUT2D eigenvalue weighted by Crippen LogP contribution is 2.24. The van der Waals surface area contributed by atoms with Crippen LogP contribution >= 0.6 is 0 Å². The van der Waals surface area contributed by atoms with Gasteiger partial charge in [-0.1, -0.05) is 17.7 Å². The minimum Gasteiger partial charge on any atom is -0.378 e. The number of sulfonamides is 1. The summed E-state index contributed by atoms with van der Waals surface area (Å²) in [6.45, 7) is 8.29. The van der Waals surface area contributed by atoms with Crippen molar-refractivity contribution in [3.05, 3.63) is 41.2 Å². The molecule has 8 heteroatoms. The lowest BCUT2D eigenvalue weighted by Crippen LogP contribution is -2.37. The van der Waals surface area contributed by atoms with Crippen molar-refractivity contribution in [3.63, 3.8) is 0 Å². The molecule has 0 atom stereocenters. The smallest absolute Gasteiger partial charge is 0.262 e. The number of hydrogen-bond acceptors (Lipinski definition) is 6. The first kappa shape index (κ1) is 17.6. The van der Waals surface area contributed by atoms with E-state index in [9.17, 15) is 8.42 Å². The normalized spacial score (nSPS) is 15.2. The largest absolute Gasteiger partial charge is 0.378 e. The van der Waals surface area contributed by atoms with Crippen LogP contribution < -0.4 is 9.62 Å². The first-order valence-corrected chi connectivity index (χ1v) is 9.60. The maximum absolute atomic E-state index is 12.7. The summed E-state index contributed by atoms with van der Waals surface area (Å²) in [4.78, 5) is 10.9. The molecule has 134 valence electrons. The maximum atomic E-state index is 12.7. The molecule has 1 N–H and O–H groups in total. The van der Waals surface area contributed by atoms with E-state index < -0.39 is 10.0 Å². The quantitative estimate of drug-likeness (QED) is 0.896. The summed E-state index contributed by atoms with van der Waals surface area (Å²) >= 11 is 0. The molecular weight excluding hydrogens is 340 g/mol. The lowest BCUT2D eigenvalue weighted by molar-refractivity contribution is 0.122. The lowest BCUT2D eigenvalue weighted by Gasteiger charge is -2.26. The molecule has 0 bridgehead atoms. The van der Waals surface area contributed by atoms with Gasteiger partial charge in [-0.2, -0.15) is 0 Å². The Kier molecular flexibility index (Phi) is 4.91. The highest BCUT2D eigenvalue weighted by Gasteiger charge is 2.21. The molecule has 1 aromatic heterocycles. The molecule has 0 amide bonds. The van der Waals surface area contributed by atoms with Gasteiger partial charge in [-0.05, 0) is 31.9 Å². The van der Waals surface area contributed by atoms with Crippen molar-refractivity contribution >= 4 is 21.7 Å². The van der Waals surface area contributed by atoms with E-state index in [2.05, 4.69) is 14.7 Å².